The van der Waals surface area contributed by atoms with Gasteiger partial charge in [0.1, 0.15) is 11.7 Å². The molecule has 0 saturated carbocycles. The number of hydrogen-bond acceptors (Lipinski definition) is 5. The van der Waals surface area contributed by atoms with Gasteiger partial charge in [-0.05, 0) is 25.7 Å². The summed E-state index contributed by atoms with van der Waals surface area (Å²) in [6.07, 6.45) is 6.46. The molecule has 1 aromatic heterocycles. The van der Waals surface area contributed by atoms with Gasteiger partial charge in [0.25, 0.3) is 5.91 Å². The minimum absolute atomic E-state index is 0.0801. The van der Waals surface area contributed by atoms with Gasteiger partial charge in [-0.3, -0.25) is 14.6 Å². The smallest absolute Gasteiger partial charge is 0.275 e. The van der Waals surface area contributed by atoms with Gasteiger partial charge >= 0.3 is 0 Å². The number of carbonyl (C=O) groups excluding carboxylic acids is 2. The van der Waals surface area contributed by atoms with E-state index in [4.69, 9.17) is 0 Å². The Morgan fingerprint density at radius 2 is 2.13 bits per heavy atom. The van der Waals surface area contributed by atoms with Crippen LogP contribution in [-0.2, 0) is 4.79 Å². The fraction of sp³-hybridized carbons (Fsp3) is 0.625. The molecule has 1 aromatic rings. The molecule has 0 aromatic carbocycles. The average molecular weight is 336 g/mol. The lowest BCUT2D eigenvalue weighted by Crippen LogP contribution is -2.49. The van der Waals surface area contributed by atoms with Crippen LogP contribution in [0, 0.1) is 5.92 Å². The molecular formula is C16H24N4O2S. The Morgan fingerprint density at radius 1 is 1.35 bits per heavy atom. The molecule has 0 bridgehead atoms. The molecule has 1 aliphatic rings. The van der Waals surface area contributed by atoms with Gasteiger partial charge < -0.3 is 10.2 Å². The lowest BCUT2D eigenvalue weighted by atomic mass is 10.0. The minimum Gasteiger partial charge on any atom is -0.352 e. The number of amides is 2. The molecule has 0 aliphatic carbocycles. The van der Waals surface area contributed by atoms with Gasteiger partial charge in [0, 0.05) is 24.2 Å². The topological polar surface area (TPSA) is 75.2 Å². The van der Waals surface area contributed by atoms with Crippen LogP contribution in [0.5, 0.6) is 0 Å². The van der Waals surface area contributed by atoms with Crippen LogP contribution in [0.4, 0.5) is 0 Å². The molecule has 1 aliphatic heterocycles. The van der Waals surface area contributed by atoms with Crippen molar-refractivity contribution in [3.05, 3.63) is 24.3 Å². The number of aromatic nitrogens is 2. The van der Waals surface area contributed by atoms with E-state index in [9.17, 15) is 9.59 Å². The van der Waals surface area contributed by atoms with Crippen molar-refractivity contribution in [3.8, 4) is 0 Å². The van der Waals surface area contributed by atoms with E-state index in [1.54, 1.807) is 16.7 Å². The summed E-state index contributed by atoms with van der Waals surface area (Å²) in [5.74, 6) is 1.43. The highest BCUT2D eigenvalue weighted by Gasteiger charge is 2.36. The average Bonchev–Trinajstić information content (AvgIpc) is 3.02. The number of carbonyl (C=O) groups is 2. The maximum Gasteiger partial charge on any atom is 0.275 e. The quantitative estimate of drug-likeness (QED) is 0.859. The van der Waals surface area contributed by atoms with Crippen LogP contribution >= 0.6 is 11.8 Å². The van der Waals surface area contributed by atoms with Crippen molar-refractivity contribution in [1.82, 2.24) is 20.2 Å². The Morgan fingerprint density at radius 3 is 2.78 bits per heavy atom. The number of thioether (sulfide) groups is 1. The summed E-state index contributed by atoms with van der Waals surface area (Å²) in [4.78, 5) is 34.5. The first kappa shape index (κ1) is 17.7. The van der Waals surface area contributed by atoms with Crippen LogP contribution in [0.15, 0.2) is 18.6 Å². The summed E-state index contributed by atoms with van der Waals surface area (Å²) in [6.45, 7) is 6.35. The van der Waals surface area contributed by atoms with Crippen molar-refractivity contribution >= 4 is 23.6 Å². The van der Waals surface area contributed by atoms with Crippen LogP contribution in [0.1, 0.15) is 44.1 Å². The highest BCUT2D eigenvalue weighted by molar-refractivity contribution is 7.99. The molecule has 0 radical (unpaired) electrons. The fourth-order valence-electron chi connectivity index (χ4n) is 2.41. The number of nitrogens with zero attached hydrogens (tertiary/aromatic N) is 3. The van der Waals surface area contributed by atoms with Gasteiger partial charge in [-0.25, -0.2) is 4.98 Å². The van der Waals surface area contributed by atoms with Crippen molar-refractivity contribution in [3.63, 3.8) is 0 Å². The predicted octanol–water partition coefficient (Wildman–Crippen LogP) is 1.93. The van der Waals surface area contributed by atoms with Crippen LogP contribution in [0.3, 0.4) is 0 Å². The minimum atomic E-state index is -0.434. The third-order valence-electron chi connectivity index (χ3n) is 3.79. The predicted molar refractivity (Wildman–Crippen MR) is 91.0 cm³/mol. The third-order valence-corrected chi connectivity index (χ3v) is 4.81. The molecule has 2 amide bonds. The molecule has 126 valence electrons. The summed E-state index contributed by atoms with van der Waals surface area (Å²) in [6, 6.07) is -0.319. The standard InChI is InChI=1S/C16H24N4O2S/c1-11(2)4-5-12(3)19-15(21)14-9-23-10-20(14)16(22)13-8-17-6-7-18-13/h6-8,11-12,14H,4-5,9-10H2,1-3H3,(H,19,21)/t12-,14-/m0/s1. The molecule has 2 rings (SSSR count). The van der Waals surface area contributed by atoms with Gasteiger partial charge in [-0.2, -0.15) is 0 Å². The van der Waals surface area contributed by atoms with Gasteiger partial charge in [-0.15, -0.1) is 11.8 Å². The Kier molecular flexibility index (Phi) is 6.38. The largest absolute Gasteiger partial charge is 0.352 e. The summed E-state index contributed by atoms with van der Waals surface area (Å²) in [7, 11) is 0. The molecule has 2 atom stereocenters. The molecule has 0 spiro atoms. The van der Waals surface area contributed by atoms with Gasteiger partial charge in [-0.1, -0.05) is 13.8 Å². The summed E-state index contributed by atoms with van der Waals surface area (Å²) in [5, 5.41) is 3.03. The second-order valence-electron chi connectivity index (χ2n) is 6.26. The van der Waals surface area contributed by atoms with Crippen LogP contribution in [-0.4, -0.2) is 50.4 Å². The molecule has 1 saturated heterocycles. The molecule has 6 nitrogen and oxygen atoms in total. The van der Waals surface area contributed by atoms with E-state index in [0.29, 0.717) is 17.5 Å². The molecule has 2 heterocycles. The number of nitrogens with one attached hydrogen (secondary N) is 1. The maximum atomic E-state index is 12.5. The summed E-state index contributed by atoms with van der Waals surface area (Å²) >= 11 is 1.58. The zero-order chi connectivity index (χ0) is 16.8. The van der Waals surface area contributed by atoms with Crippen LogP contribution in [0.2, 0.25) is 0 Å². The van der Waals surface area contributed by atoms with E-state index < -0.39 is 6.04 Å². The van der Waals surface area contributed by atoms with Crippen molar-refractivity contribution in [1.29, 1.82) is 0 Å². The van der Waals surface area contributed by atoms with E-state index in [0.717, 1.165) is 12.8 Å². The molecule has 1 N–H and O–H groups in total. The lowest BCUT2D eigenvalue weighted by molar-refractivity contribution is -0.125. The Labute approximate surface area is 141 Å². The van der Waals surface area contributed by atoms with Crippen molar-refractivity contribution in [2.45, 2.75) is 45.7 Å². The van der Waals surface area contributed by atoms with Crippen molar-refractivity contribution in [2.75, 3.05) is 11.6 Å². The highest BCUT2D eigenvalue weighted by atomic mass is 32.2. The second-order valence-corrected chi connectivity index (χ2v) is 7.26. The molecule has 7 heteroatoms. The zero-order valence-corrected chi connectivity index (χ0v) is 14.7. The Hall–Kier alpha value is -1.63. The molecule has 23 heavy (non-hydrogen) atoms. The van der Waals surface area contributed by atoms with E-state index in [-0.39, 0.29) is 23.6 Å². The maximum absolute atomic E-state index is 12.5. The summed E-state index contributed by atoms with van der Waals surface area (Å²) in [5.41, 5.74) is 0.278. The monoisotopic (exact) mass is 336 g/mol. The summed E-state index contributed by atoms with van der Waals surface area (Å²) < 4.78 is 0. The normalized spacial score (nSPS) is 19.0. The molecular weight excluding hydrogens is 312 g/mol. The van der Waals surface area contributed by atoms with Crippen molar-refractivity contribution in [2.24, 2.45) is 5.92 Å². The zero-order valence-electron chi connectivity index (χ0n) is 13.9. The first-order chi connectivity index (χ1) is 11.0. The Bertz CT molecular complexity index is 538. The SMILES string of the molecule is CC(C)CC[C@H](C)NC(=O)[C@@H]1CSCN1C(=O)c1cnccn1. The first-order valence-electron chi connectivity index (χ1n) is 7.94. The van der Waals surface area contributed by atoms with Gasteiger partial charge in [0.2, 0.25) is 5.91 Å². The van der Waals surface area contributed by atoms with Crippen LogP contribution < -0.4 is 5.32 Å². The second kappa shape index (κ2) is 8.29. The lowest BCUT2D eigenvalue weighted by Gasteiger charge is -2.24. The Balaban J connectivity index is 1.95. The first-order valence-corrected chi connectivity index (χ1v) is 9.09. The van der Waals surface area contributed by atoms with E-state index in [1.165, 1.54) is 18.6 Å². The molecule has 0 unspecified atom stereocenters. The fourth-order valence-corrected chi connectivity index (χ4v) is 3.57. The van der Waals surface area contributed by atoms with Gasteiger partial charge in [0.15, 0.2) is 0 Å². The van der Waals surface area contributed by atoms with Crippen molar-refractivity contribution < 1.29 is 9.59 Å². The number of hydrogen-bond donors (Lipinski definition) is 1. The van der Waals surface area contributed by atoms with Crippen LogP contribution in [0.25, 0.3) is 0 Å². The third kappa shape index (κ3) is 4.92. The van der Waals surface area contributed by atoms with Gasteiger partial charge in [0.05, 0.1) is 12.1 Å². The van der Waals surface area contributed by atoms with E-state index in [1.807, 2.05) is 6.92 Å². The number of rotatable bonds is 6. The van der Waals surface area contributed by atoms with E-state index >= 15 is 0 Å². The van der Waals surface area contributed by atoms with E-state index in [2.05, 4.69) is 29.1 Å². The molecule has 1 fully saturated rings. The highest BCUT2D eigenvalue weighted by Crippen LogP contribution is 2.23.